The van der Waals surface area contributed by atoms with Crippen LogP contribution in [0.3, 0.4) is 0 Å². The van der Waals surface area contributed by atoms with Crippen LogP contribution in [0.15, 0.2) is 48.6 Å². The van der Waals surface area contributed by atoms with Crippen LogP contribution >= 0.6 is 0 Å². The summed E-state index contributed by atoms with van der Waals surface area (Å²) < 4.78 is 0. The van der Waals surface area contributed by atoms with Crippen LogP contribution in [0.5, 0.6) is 0 Å². The molecule has 0 radical (unpaired) electrons. The predicted molar refractivity (Wildman–Crippen MR) is 107 cm³/mol. The van der Waals surface area contributed by atoms with Gasteiger partial charge >= 0.3 is 5.97 Å². The van der Waals surface area contributed by atoms with E-state index in [0.29, 0.717) is 32.1 Å². The van der Waals surface area contributed by atoms with Crippen molar-refractivity contribution >= 4 is 5.97 Å². The number of hydrogen-bond donors (Lipinski definition) is 4. The van der Waals surface area contributed by atoms with Crippen LogP contribution in [-0.2, 0) is 4.79 Å². The van der Waals surface area contributed by atoms with Crippen molar-refractivity contribution in [1.82, 2.24) is 0 Å². The van der Waals surface area contributed by atoms with Crippen molar-refractivity contribution in [2.24, 2.45) is 11.8 Å². The molecular weight excluding hydrogens is 344 g/mol. The summed E-state index contributed by atoms with van der Waals surface area (Å²) in [6.07, 6.45) is 17.4. The fraction of sp³-hybridized carbons (Fsp3) is 0.591. The quantitative estimate of drug-likeness (QED) is 0.390. The molecule has 0 amide bonds. The Bertz CT molecular complexity index is 535. The number of rotatable bonds is 12. The number of aliphatic hydroxyl groups is 3. The third-order valence-corrected chi connectivity index (χ3v) is 4.79. The SMILES string of the molecule is CC/C=C\CC(O)/C=C/C1C(O)CC(O)C1C/C=C\C/C=C\CCC(=O)O. The first-order chi connectivity index (χ1) is 13.0. The van der Waals surface area contributed by atoms with Gasteiger partial charge in [0, 0.05) is 18.8 Å². The van der Waals surface area contributed by atoms with Gasteiger partial charge in [-0.25, -0.2) is 0 Å². The van der Waals surface area contributed by atoms with E-state index in [0.717, 1.165) is 6.42 Å². The summed E-state index contributed by atoms with van der Waals surface area (Å²) in [5.41, 5.74) is 0. The third-order valence-electron chi connectivity index (χ3n) is 4.79. The van der Waals surface area contributed by atoms with Gasteiger partial charge in [-0.05, 0) is 38.0 Å². The summed E-state index contributed by atoms with van der Waals surface area (Å²) in [4.78, 5) is 10.4. The summed E-state index contributed by atoms with van der Waals surface area (Å²) in [5, 5.41) is 39.0. The van der Waals surface area contributed by atoms with Crippen molar-refractivity contribution in [3.63, 3.8) is 0 Å². The topological polar surface area (TPSA) is 98.0 Å². The maximum absolute atomic E-state index is 10.4. The Balaban J connectivity index is 2.47. The Morgan fingerprint density at radius 1 is 1.07 bits per heavy atom. The zero-order chi connectivity index (χ0) is 20.1. The fourth-order valence-corrected chi connectivity index (χ4v) is 3.29. The molecule has 0 bridgehead atoms. The Morgan fingerprint density at radius 2 is 1.81 bits per heavy atom. The van der Waals surface area contributed by atoms with Gasteiger partial charge in [-0.15, -0.1) is 0 Å². The van der Waals surface area contributed by atoms with Gasteiger partial charge in [0.05, 0.1) is 18.3 Å². The molecule has 0 aromatic carbocycles. The van der Waals surface area contributed by atoms with Crippen LogP contribution in [-0.4, -0.2) is 44.7 Å². The smallest absolute Gasteiger partial charge is 0.303 e. The number of carboxylic acids is 1. The van der Waals surface area contributed by atoms with Crippen LogP contribution in [0, 0.1) is 11.8 Å². The number of aliphatic hydroxyl groups excluding tert-OH is 3. The summed E-state index contributed by atoms with van der Waals surface area (Å²) in [6, 6.07) is 0. The van der Waals surface area contributed by atoms with Crippen LogP contribution in [0.25, 0.3) is 0 Å². The number of allylic oxidation sites excluding steroid dienone is 5. The highest BCUT2D eigenvalue weighted by Crippen LogP contribution is 2.36. The summed E-state index contributed by atoms with van der Waals surface area (Å²) in [5.74, 6) is -1.03. The average Bonchev–Trinajstić information content (AvgIpc) is 2.88. The van der Waals surface area contributed by atoms with Crippen molar-refractivity contribution in [3.05, 3.63) is 48.6 Å². The second-order valence-corrected chi connectivity index (χ2v) is 7.03. The van der Waals surface area contributed by atoms with E-state index in [1.54, 1.807) is 6.08 Å². The summed E-state index contributed by atoms with van der Waals surface area (Å²) >= 11 is 0. The molecule has 1 fully saturated rings. The van der Waals surface area contributed by atoms with Crippen LogP contribution in [0.2, 0.25) is 0 Å². The van der Waals surface area contributed by atoms with Crippen molar-refractivity contribution in [2.75, 3.05) is 0 Å². The fourth-order valence-electron chi connectivity index (χ4n) is 3.29. The van der Waals surface area contributed by atoms with Gasteiger partial charge in [0.15, 0.2) is 0 Å². The number of hydrogen-bond acceptors (Lipinski definition) is 4. The minimum Gasteiger partial charge on any atom is -0.481 e. The van der Waals surface area contributed by atoms with E-state index in [1.807, 2.05) is 49.5 Å². The van der Waals surface area contributed by atoms with Gasteiger partial charge in [0.25, 0.3) is 0 Å². The Hall–Kier alpha value is -1.69. The highest BCUT2D eigenvalue weighted by atomic mass is 16.4. The van der Waals surface area contributed by atoms with Gasteiger partial charge in [-0.2, -0.15) is 0 Å². The molecule has 1 aliphatic carbocycles. The molecule has 0 aromatic rings. The average molecular weight is 379 g/mol. The Labute approximate surface area is 162 Å². The van der Waals surface area contributed by atoms with E-state index < -0.39 is 24.3 Å². The van der Waals surface area contributed by atoms with Crippen LogP contribution < -0.4 is 0 Å². The lowest BCUT2D eigenvalue weighted by Crippen LogP contribution is -2.20. The summed E-state index contributed by atoms with van der Waals surface area (Å²) in [7, 11) is 0. The van der Waals surface area contributed by atoms with Crippen LogP contribution in [0.1, 0.15) is 51.9 Å². The predicted octanol–water partition coefficient (Wildman–Crippen LogP) is 3.38. The Kier molecular flexibility index (Phi) is 11.7. The molecule has 5 atom stereocenters. The first-order valence-electron chi connectivity index (χ1n) is 9.85. The first kappa shape index (κ1) is 23.3. The molecule has 0 aliphatic heterocycles. The molecule has 5 heteroatoms. The van der Waals surface area contributed by atoms with E-state index in [-0.39, 0.29) is 18.3 Å². The van der Waals surface area contributed by atoms with Crippen molar-refractivity contribution in [3.8, 4) is 0 Å². The standard InChI is InChI=1S/C22H34O5/c1-2-3-8-11-17(23)14-15-19-18(20(24)16-21(19)25)12-9-6-4-5-7-10-13-22(26)27/h3,5-9,14-15,17-21,23-25H,2,4,10-13,16H2,1H3,(H,26,27)/b7-5-,8-3-,9-6-,15-14+. The van der Waals surface area contributed by atoms with Gasteiger partial charge in [0.1, 0.15) is 0 Å². The highest BCUT2D eigenvalue weighted by molar-refractivity contribution is 5.66. The minimum absolute atomic E-state index is 0.0677. The molecule has 0 aromatic heterocycles. The Morgan fingerprint density at radius 3 is 2.52 bits per heavy atom. The van der Waals surface area contributed by atoms with E-state index >= 15 is 0 Å². The van der Waals surface area contributed by atoms with Gasteiger partial charge in [-0.3, -0.25) is 4.79 Å². The van der Waals surface area contributed by atoms with Gasteiger partial charge in [0.2, 0.25) is 0 Å². The second kappa shape index (κ2) is 13.5. The lowest BCUT2D eigenvalue weighted by Gasteiger charge is -2.19. The summed E-state index contributed by atoms with van der Waals surface area (Å²) in [6.45, 7) is 2.04. The zero-order valence-corrected chi connectivity index (χ0v) is 16.2. The second-order valence-electron chi connectivity index (χ2n) is 7.03. The van der Waals surface area contributed by atoms with Gasteiger partial charge < -0.3 is 20.4 Å². The molecular formula is C22H34O5. The molecule has 1 saturated carbocycles. The highest BCUT2D eigenvalue weighted by Gasteiger charge is 2.39. The monoisotopic (exact) mass is 378 g/mol. The number of carboxylic acid groups (broad SMARTS) is 1. The lowest BCUT2D eigenvalue weighted by atomic mass is 9.89. The molecule has 5 nitrogen and oxygen atoms in total. The van der Waals surface area contributed by atoms with E-state index in [2.05, 4.69) is 0 Å². The molecule has 0 heterocycles. The number of aliphatic carboxylic acids is 1. The number of carbonyl (C=O) groups is 1. The van der Waals surface area contributed by atoms with Gasteiger partial charge in [-0.1, -0.05) is 55.5 Å². The van der Waals surface area contributed by atoms with Crippen molar-refractivity contribution < 1.29 is 25.2 Å². The third kappa shape index (κ3) is 9.70. The molecule has 0 saturated heterocycles. The van der Waals surface area contributed by atoms with Crippen molar-refractivity contribution in [2.45, 2.75) is 70.2 Å². The normalized spacial score (nSPS) is 27.6. The van der Waals surface area contributed by atoms with E-state index in [4.69, 9.17) is 5.11 Å². The zero-order valence-electron chi connectivity index (χ0n) is 16.2. The van der Waals surface area contributed by atoms with Crippen LogP contribution in [0.4, 0.5) is 0 Å². The van der Waals surface area contributed by atoms with E-state index in [1.165, 1.54) is 0 Å². The minimum atomic E-state index is -0.797. The molecule has 152 valence electrons. The molecule has 4 N–H and O–H groups in total. The first-order valence-corrected chi connectivity index (χ1v) is 9.85. The largest absolute Gasteiger partial charge is 0.481 e. The van der Waals surface area contributed by atoms with E-state index in [9.17, 15) is 20.1 Å². The molecule has 5 unspecified atom stereocenters. The lowest BCUT2D eigenvalue weighted by molar-refractivity contribution is -0.136. The maximum atomic E-state index is 10.4. The van der Waals surface area contributed by atoms with Crippen molar-refractivity contribution in [1.29, 1.82) is 0 Å². The molecule has 0 spiro atoms. The maximum Gasteiger partial charge on any atom is 0.303 e. The molecule has 1 rings (SSSR count). The molecule has 1 aliphatic rings. The molecule has 27 heavy (non-hydrogen) atoms.